The molecule has 146 valence electrons. The molecule has 0 aromatic heterocycles. The number of nitrogens with zero attached hydrogens (tertiary/aromatic N) is 2. The van der Waals surface area contributed by atoms with E-state index >= 15 is 0 Å². The van der Waals surface area contributed by atoms with Crippen LogP contribution in [-0.4, -0.2) is 35.3 Å². The molecule has 29 heavy (non-hydrogen) atoms. The van der Waals surface area contributed by atoms with E-state index in [1.807, 2.05) is 24.3 Å². The summed E-state index contributed by atoms with van der Waals surface area (Å²) in [5, 5.41) is 20.8. The number of hydrogen-bond acceptors (Lipinski definition) is 3. The molecule has 5 nitrogen and oxygen atoms in total. The molecular formula is C24H22N2O3. The van der Waals surface area contributed by atoms with Gasteiger partial charge in [-0.05, 0) is 46.5 Å². The standard InChI is InChI=1S/C24H22N2O3/c25-14-17-5-9-20(10-6-17)22-11-12-26(24(27)28)15-23(22)29-16-18-7-8-19-3-1-2-4-21(19)13-18/h1-10,13,22-23H,11-12,15-16H2,(H,27,28). The van der Waals surface area contributed by atoms with Crippen molar-refractivity contribution >= 4 is 16.9 Å². The summed E-state index contributed by atoms with van der Waals surface area (Å²) in [6, 6.07) is 24.1. The third-order valence-electron chi connectivity index (χ3n) is 5.58. The third kappa shape index (κ3) is 4.23. The first-order valence-electron chi connectivity index (χ1n) is 9.71. The van der Waals surface area contributed by atoms with Crippen molar-refractivity contribution in [2.24, 2.45) is 0 Å². The zero-order valence-electron chi connectivity index (χ0n) is 16.0. The summed E-state index contributed by atoms with van der Waals surface area (Å²) >= 11 is 0. The number of hydrogen-bond donors (Lipinski definition) is 1. The molecule has 1 saturated heterocycles. The summed E-state index contributed by atoms with van der Waals surface area (Å²) in [7, 11) is 0. The van der Waals surface area contributed by atoms with E-state index in [2.05, 4.69) is 36.4 Å². The second-order valence-electron chi connectivity index (χ2n) is 7.39. The third-order valence-corrected chi connectivity index (χ3v) is 5.58. The Morgan fingerprint density at radius 3 is 2.59 bits per heavy atom. The van der Waals surface area contributed by atoms with Crippen molar-refractivity contribution in [2.75, 3.05) is 13.1 Å². The lowest BCUT2D eigenvalue weighted by Gasteiger charge is -2.37. The SMILES string of the molecule is N#Cc1ccc(C2CCN(C(=O)O)CC2OCc2ccc3ccccc3c2)cc1. The summed E-state index contributed by atoms with van der Waals surface area (Å²) in [6.07, 6.45) is -0.456. The Hall–Kier alpha value is -3.36. The van der Waals surface area contributed by atoms with Crippen LogP contribution in [0.1, 0.15) is 29.0 Å². The molecule has 5 heteroatoms. The van der Waals surface area contributed by atoms with Gasteiger partial charge in [-0.25, -0.2) is 4.79 Å². The molecular weight excluding hydrogens is 364 g/mol. The number of carbonyl (C=O) groups is 1. The van der Waals surface area contributed by atoms with E-state index in [0.29, 0.717) is 31.7 Å². The van der Waals surface area contributed by atoms with Crippen LogP contribution in [-0.2, 0) is 11.3 Å². The highest BCUT2D eigenvalue weighted by atomic mass is 16.5. The average molecular weight is 386 g/mol. The molecule has 1 aliphatic rings. The fourth-order valence-electron chi connectivity index (χ4n) is 3.98. The molecule has 1 amide bonds. The summed E-state index contributed by atoms with van der Waals surface area (Å²) < 4.78 is 6.25. The molecule has 1 aliphatic heterocycles. The monoisotopic (exact) mass is 386 g/mol. The molecule has 0 radical (unpaired) electrons. The molecule has 1 heterocycles. The van der Waals surface area contributed by atoms with Crippen molar-refractivity contribution in [3.8, 4) is 6.07 Å². The molecule has 3 aromatic rings. The van der Waals surface area contributed by atoms with E-state index in [1.165, 1.54) is 10.3 Å². The van der Waals surface area contributed by atoms with Gasteiger partial charge in [0.25, 0.3) is 0 Å². The van der Waals surface area contributed by atoms with Gasteiger partial charge in [-0.1, -0.05) is 48.5 Å². The number of amides is 1. The smallest absolute Gasteiger partial charge is 0.407 e. The van der Waals surface area contributed by atoms with Crippen LogP contribution < -0.4 is 0 Å². The van der Waals surface area contributed by atoms with Gasteiger partial charge in [0, 0.05) is 12.5 Å². The van der Waals surface area contributed by atoms with Crippen molar-refractivity contribution in [1.82, 2.24) is 4.90 Å². The lowest BCUT2D eigenvalue weighted by atomic mass is 9.86. The normalized spacial score (nSPS) is 19.1. The van der Waals surface area contributed by atoms with E-state index in [4.69, 9.17) is 10.00 Å². The number of fused-ring (bicyclic) bond motifs is 1. The van der Waals surface area contributed by atoms with Crippen LogP contribution in [0.2, 0.25) is 0 Å². The Morgan fingerprint density at radius 1 is 1.10 bits per heavy atom. The fourth-order valence-corrected chi connectivity index (χ4v) is 3.98. The maximum absolute atomic E-state index is 11.5. The van der Waals surface area contributed by atoms with Gasteiger partial charge in [0.05, 0.1) is 30.9 Å². The van der Waals surface area contributed by atoms with Crippen LogP contribution in [0, 0.1) is 11.3 Å². The highest BCUT2D eigenvalue weighted by Crippen LogP contribution is 2.31. The first-order valence-corrected chi connectivity index (χ1v) is 9.71. The minimum Gasteiger partial charge on any atom is -0.465 e. The number of rotatable bonds is 4. The Kier molecular flexibility index (Phi) is 5.46. The molecule has 1 fully saturated rings. The van der Waals surface area contributed by atoms with Crippen LogP contribution in [0.15, 0.2) is 66.7 Å². The van der Waals surface area contributed by atoms with Crippen LogP contribution in [0.25, 0.3) is 10.8 Å². The van der Waals surface area contributed by atoms with Gasteiger partial charge in [-0.3, -0.25) is 0 Å². The van der Waals surface area contributed by atoms with E-state index in [-0.39, 0.29) is 12.0 Å². The van der Waals surface area contributed by atoms with Crippen LogP contribution in [0.3, 0.4) is 0 Å². The number of ether oxygens (including phenoxy) is 1. The topological polar surface area (TPSA) is 73.6 Å². The Morgan fingerprint density at radius 2 is 1.86 bits per heavy atom. The lowest BCUT2D eigenvalue weighted by Crippen LogP contribution is -2.46. The first-order chi connectivity index (χ1) is 14.1. The quantitative estimate of drug-likeness (QED) is 0.701. The van der Waals surface area contributed by atoms with Crippen molar-refractivity contribution in [1.29, 1.82) is 5.26 Å². The summed E-state index contributed by atoms with van der Waals surface area (Å²) in [4.78, 5) is 12.9. The minimum absolute atomic E-state index is 0.0961. The van der Waals surface area contributed by atoms with Gasteiger partial charge in [-0.2, -0.15) is 5.26 Å². The number of piperidine rings is 1. The lowest BCUT2D eigenvalue weighted by molar-refractivity contribution is -0.0199. The fraction of sp³-hybridized carbons (Fsp3) is 0.250. The molecule has 0 spiro atoms. The van der Waals surface area contributed by atoms with Gasteiger partial charge in [0.2, 0.25) is 0 Å². The number of nitriles is 1. The van der Waals surface area contributed by atoms with Gasteiger partial charge in [0.15, 0.2) is 0 Å². The molecule has 3 aromatic carbocycles. The molecule has 2 atom stereocenters. The highest BCUT2D eigenvalue weighted by Gasteiger charge is 2.33. The molecule has 2 unspecified atom stereocenters. The van der Waals surface area contributed by atoms with Crippen LogP contribution in [0.5, 0.6) is 0 Å². The summed E-state index contributed by atoms with van der Waals surface area (Å²) in [5.74, 6) is 0.0961. The van der Waals surface area contributed by atoms with E-state index < -0.39 is 6.09 Å². The van der Waals surface area contributed by atoms with Crippen LogP contribution >= 0.6 is 0 Å². The zero-order chi connectivity index (χ0) is 20.2. The van der Waals surface area contributed by atoms with Gasteiger partial charge >= 0.3 is 6.09 Å². The van der Waals surface area contributed by atoms with Gasteiger partial charge in [-0.15, -0.1) is 0 Å². The van der Waals surface area contributed by atoms with E-state index in [1.54, 1.807) is 12.1 Å². The Balaban J connectivity index is 1.53. The van der Waals surface area contributed by atoms with E-state index in [9.17, 15) is 9.90 Å². The van der Waals surface area contributed by atoms with Crippen molar-refractivity contribution in [3.05, 3.63) is 83.4 Å². The minimum atomic E-state index is -0.914. The highest BCUT2D eigenvalue weighted by molar-refractivity contribution is 5.82. The van der Waals surface area contributed by atoms with Crippen LogP contribution in [0.4, 0.5) is 4.79 Å². The summed E-state index contributed by atoms with van der Waals surface area (Å²) in [6.45, 7) is 1.25. The van der Waals surface area contributed by atoms with Crippen molar-refractivity contribution < 1.29 is 14.6 Å². The molecule has 4 rings (SSSR count). The second kappa shape index (κ2) is 8.34. The average Bonchev–Trinajstić information content (AvgIpc) is 2.77. The maximum atomic E-state index is 11.5. The number of likely N-dealkylation sites (tertiary alicyclic amines) is 1. The van der Waals surface area contributed by atoms with Gasteiger partial charge in [0.1, 0.15) is 0 Å². The second-order valence-corrected chi connectivity index (χ2v) is 7.39. The molecule has 1 N–H and O–H groups in total. The zero-order valence-corrected chi connectivity index (χ0v) is 16.0. The Labute approximate surface area is 169 Å². The maximum Gasteiger partial charge on any atom is 0.407 e. The predicted molar refractivity (Wildman–Crippen MR) is 111 cm³/mol. The first kappa shape index (κ1) is 19.0. The number of carboxylic acid groups (broad SMARTS) is 1. The van der Waals surface area contributed by atoms with Crippen molar-refractivity contribution in [2.45, 2.75) is 25.0 Å². The summed E-state index contributed by atoms with van der Waals surface area (Å²) in [5.41, 5.74) is 2.76. The van der Waals surface area contributed by atoms with E-state index in [0.717, 1.165) is 16.5 Å². The predicted octanol–water partition coefficient (Wildman–Crippen LogP) is 4.76. The Bertz CT molecular complexity index is 1060. The molecule has 0 aliphatic carbocycles. The number of benzene rings is 3. The molecule has 0 saturated carbocycles. The molecule has 0 bridgehead atoms. The van der Waals surface area contributed by atoms with Crippen molar-refractivity contribution in [3.63, 3.8) is 0 Å². The largest absolute Gasteiger partial charge is 0.465 e. The van der Waals surface area contributed by atoms with Gasteiger partial charge < -0.3 is 14.7 Å².